The van der Waals surface area contributed by atoms with Crippen LogP contribution in [0.4, 0.5) is 17.6 Å². The normalized spacial score (nSPS) is 11.7. The lowest BCUT2D eigenvalue weighted by Gasteiger charge is -2.11. The highest BCUT2D eigenvalue weighted by Gasteiger charge is 2.41. The van der Waals surface area contributed by atoms with Gasteiger partial charge in [0.05, 0.1) is 6.54 Å². The molecule has 21 heavy (non-hydrogen) atoms. The summed E-state index contributed by atoms with van der Waals surface area (Å²) in [6.45, 7) is 1.17. The van der Waals surface area contributed by atoms with Crippen molar-refractivity contribution >= 4 is 5.97 Å². The number of aromatic carboxylic acids is 1. The fourth-order valence-electron chi connectivity index (χ4n) is 1.85. The standard InChI is InChI=1S/C12H9F4N3O2/c1-6-4-8(13)3-2-7(6)5-19-10(12(14,15)16)9(11(20)21)17-18-19/h2-4H,5H2,1H3,(H,20,21). The Kier molecular flexibility index (Phi) is 3.67. The molecule has 0 amide bonds. The lowest BCUT2D eigenvalue weighted by molar-refractivity contribution is -0.144. The minimum atomic E-state index is -4.91. The van der Waals surface area contributed by atoms with Gasteiger partial charge in [-0.1, -0.05) is 11.3 Å². The first-order chi connectivity index (χ1) is 9.70. The number of carboxylic acid groups (broad SMARTS) is 1. The molecule has 0 aliphatic carbocycles. The third-order valence-corrected chi connectivity index (χ3v) is 2.83. The number of alkyl halides is 3. The Labute approximate surface area is 115 Å². The summed E-state index contributed by atoms with van der Waals surface area (Å²) in [5, 5.41) is 15.0. The van der Waals surface area contributed by atoms with Crippen LogP contribution >= 0.6 is 0 Å². The van der Waals surface area contributed by atoms with E-state index in [1.807, 2.05) is 0 Å². The quantitative estimate of drug-likeness (QED) is 0.885. The highest BCUT2D eigenvalue weighted by molar-refractivity contribution is 5.86. The van der Waals surface area contributed by atoms with Gasteiger partial charge in [0, 0.05) is 0 Å². The lowest BCUT2D eigenvalue weighted by atomic mass is 10.1. The van der Waals surface area contributed by atoms with E-state index in [2.05, 4.69) is 10.3 Å². The minimum absolute atomic E-state index is 0.360. The topological polar surface area (TPSA) is 68.0 Å². The molecule has 0 spiro atoms. The Morgan fingerprint density at radius 2 is 2.05 bits per heavy atom. The van der Waals surface area contributed by atoms with Gasteiger partial charge < -0.3 is 5.11 Å². The molecule has 1 N–H and O–H groups in total. The summed E-state index contributed by atoms with van der Waals surface area (Å²) in [7, 11) is 0. The molecular formula is C12H9F4N3O2. The summed E-state index contributed by atoms with van der Waals surface area (Å²) in [5.74, 6) is -2.33. The predicted molar refractivity (Wildman–Crippen MR) is 62.2 cm³/mol. The van der Waals surface area contributed by atoms with Crippen molar-refractivity contribution in [3.63, 3.8) is 0 Å². The highest BCUT2D eigenvalue weighted by atomic mass is 19.4. The van der Waals surface area contributed by atoms with Crippen LogP contribution < -0.4 is 0 Å². The molecule has 0 radical (unpaired) electrons. The Morgan fingerprint density at radius 3 is 2.57 bits per heavy atom. The van der Waals surface area contributed by atoms with Gasteiger partial charge in [-0.2, -0.15) is 13.2 Å². The molecule has 0 aliphatic rings. The van der Waals surface area contributed by atoms with Gasteiger partial charge in [0.1, 0.15) is 5.82 Å². The summed E-state index contributed by atoms with van der Waals surface area (Å²) in [6.07, 6.45) is -4.91. The van der Waals surface area contributed by atoms with E-state index in [0.717, 1.165) is 12.1 Å². The van der Waals surface area contributed by atoms with Crippen molar-refractivity contribution in [3.8, 4) is 0 Å². The first-order valence-corrected chi connectivity index (χ1v) is 5.69. The molecule has 0 fully saturated rings. The molecule has 0 atom stereocenters. The molecule has 1 aromatic carbocycles. The zero-order valence-electron chi connectivity index (χ0n) is 10.6. The molecule has 9 heteroatoms. The van der Waals surface area contributed by atoms with Gasteiger partial charge in [-0.3, -0.25) is 0 Å². The number of hydrogen-bond acceptors (Lipinski definition) is 3. The summed E-state index contributed by atoms with van der Waals surface area (Å²) in [5.41, 5.74) is -1.81. The van der Waals surface area contributed by atoms with E-state index in [-0.39, 0.29) is 6.54 Å². The van der Waals surface area contributed by atoms with E-state index >= 15 is 0 Å². The first kappa shape index (κ1) is 14.9. The summed E-state index contributed by atoms with van der Waals surface area (Å²) in [6, 6.07) is 3.58. The molecule has 0 unspecified atom stereocenters. The highest BCUT2D eigenvalue weighted by Crippen LogP contribution is 2.31. The molecular weight excluding hydrogens is 294 g/mol. The van der Waals surface area contributed by atoms with Crippen molar-refractivity contribution < 1.29 is 27.5 Å². The molecule has 0 bridgehead atoms. The second-order valence-electron chi connectivity index (χ2n) is 4.32. The minimum Gasteiger partial charge on any atom is -0.476 e. The number of aromatic nitrogens is 3. The summed E-state index contributed by atoms with van der Waals surface area (Å²) < 4.78 is 52.3. The van der Waals surface area contributed by atoms with Gasteiger partial charge in [0.2, 0.25) is 5.69 Å². The second kappa shape index (κ2) is 5.15. The van der Waals surface area contributed by atoms with Gasteiger partial charge >= 0.3 is 12.1 Å². The Bertz CT molecular complexity index is 694. The van der Waals surface area contributed by atoms with Gasteiger partial charge in [-0.05, 0) is 30.2 Å². The van der Waals surface area contributed by atoms with Crippen LogP contribution in [0.2, 0.25) is 0 Å². The van der Waals surface area contributed by atoms with E-state index in [1.54, 1.807) is 0 Å². The van der Waals surface area contributed by atoms with Crippen LogP contribution in [0.25, 0.3) is 0 Å². The largest absolute Gasteiger partial charge is 0.476 e. The maximum atomic E-state index is 13.0. The molecule has 112 valence electrons. The zero-order valence-corrected chi connectivity index (χ0v) is 10.6. The number of carbonyl (C=O) groups is 1. The summed E-state index contributed by atoms with van der Waals surface area (Å²) in [4.78, 5) is 10.8. The van der Waals surface area contributed by atoms with Crippen molar-refractivity contribution in [2.45, 2.75) is 19.6 Å². The van der Waals surface area contributed by atoms with Crippen LogP contribution in [0.15, 0.2) is 18.2 Å². The summed E-state index contributed by atoms with van der Waals surface area (Å²) >= 11 is 0. The first-order valence-electron chi connectivity index (χ1n) is 5.69. The molecule has 5 nitrogen and oxygen atoms in total. The van der Waals surface area contributed by atoms with Crippen molar-refractivity contribution in [2.75, 3.05) is 0 Å². The Hall–Kier alpha value is -2.45. The van der Waals surface area contributed by atoms with Crippen LogP contribution in [0.1, 0.15) is 27.3 Å². The predicted octanol–water partition coefficient (Wildman–Crippen LogP) is 2.49. The Morgan fingerprint density at radius 1 is 1.38 bits per heavy atom. The molecule has 0 aliphatic heterocycles. The van der Waals surface area contributed by atoms with Gasteiger partial charge in [0.25, 0.3) is 0 Å². The average Bonchev–Trinajstić information content (AvgIpc) is 2.76. The fraction of sp³-hybridized carbons (Fsp3) is 0.250. The van der Waals surface area contributed by atoms with Crippen LogP contribution in [-0.2, 0) is 12.7 Å². The lowest BCUT2D eigenvalue weighted by Crippen LogP contribution is -2.19. The van der Waals surface area contributed by atoms with Crippen molar-refractivity contribution in [1.29, 1.82) is 0 Å². The van der Waals surface area contributed by atoms with Crippen LogP contribution in [0, 0.1) is 12.7 Å². The SMILES string of the molecule is Cc1cc(F)ccc1Cn1nnc(C(=O)O)c1C(F)(F)F. The maximum Gasteiger partial charge on any atom is 0.435 e. The number of hydrogen-bond donors (Lipinski definition) is 1. The van der Waals surface area contributed by atoms with E-state index in [4.69, 9.17) is 5.11 Å². The molecule has 2 aromatic rings. The van der Waals surface area contributed by atoms with Crippen LogP contribution in [-0.4, -0.2) is 26.1 Å². The smallest absolute Gasteiger partial charge is 0.435 e. The average molecular weight is 303 g/mol. The Balaban J connectivity index is 2.47. The second-order valence-corrected chi connectivity index (χ2v) is 4.32. The van der Waals surface area contributed by atoms with Crippen molar-refractivity contribution in [2.24, 2.45) is 0 Å². The maximum absolute atomic E-state index is 13.0. The van der Waals surface area contributed by atoms with Crippen molar-refractivity contribution in [1.82, 2.24) is 15.0 Å². The number of carboxylic acids is 1. The van der Waals surface area contributed by atoms with E-state index in [9.17, 15) is 22.4 Å². The molecule has 2 rings (SSSR count). The van der Waals surface area contributed by atoms with Crippen LogP contribution in [0.3, 0.4) is 0 Å². The van der Waals surface area contributed by atoms with Crippen molar-refractivity contribution in [3.05, 3.63) is 46.5 Å². The number of halogens is 4. The number of nitrogens with zero attached hydrogens (tertiary/aromatic N) is 3. The zero-order chi connectivity index (χ0) is 15.8. The third-order valence-electron chi connectivity index (χ3n) is 2.83. The van der Waals surface area contributed by atoms with Crippen LogP contribution in [0.5, 0.6) is 0 Å². The molecule has 0 saturated carbocycles. The number of aryl methyl sites for hydroxylation is 1. The molecule has 1 heterocycles. The van der Waals surface area contributed by atoms with Gasteiger partial charge in [0.15, 0.2) is 5.69 Å². The fourth-order valence-corrected chi connectivity index (χ4v) is 1.85. The molecule has 1 aromatic heterocycles. The van der Waals surface area contributed by atoms with E-state index < -0.39 is 29.4 Å². The number of benzene rings is 1. The van der Waals surface area contributed by atoms with E-state index in [1.165, 1.54) is 13.0 Å². The third kappa shape index (κ3) is 3.01. The molecule has 0 saturated heterocycles. The van der Waals surface area contributed by atoms with Gasteiger partial charge in [-0.15, -0.1) is 5.10 Å². The van der Waals surface area contributed by atoms with Gasteiger partial charge in [-0.25, -0.2) is 13.9 Å². The monoisotopic (exact) mass is 303 g/mol. The van der Waals surface area contributed by atoms with E-state index in [0.29, 0.717) is 15.8 Å². The number of rotatable bonds is 3.